The lowest BCUT2D eigenvalue weighted by atomic mass is 10.1. The Balaban J connectivity index is 2.50. The van der Waals surface area contributed by atoms with E-state index in [0.29, 0.717) is 5.69 Å². The normalized spacial score (nSPS) is 11.2. The van der Waals surface area contributed by atoms with Crippen LogP contribution in [0.1, 0.15) is 11.1 Å². The van der Waals surface area contributed by atoms with E-state index in [0.717, 1.165) is 11.1 Å². The summed E-state index contributed by atoms with van der Waals surface area (Å²) in [7, 11) is -1.05. The maximum Gasteiger partial charge on any atom is 0.265 e. The van der Waals surface area contributed by atoms with Crippen molar-refractivity contribution < 1.29 is 17.9 Å². The second kappa shape index (κ2) is 6.68. The number of hydrogen-bond donors (Lipinski definition) is 1. The maximum absolute atomic E-state index is 12.7. The first-order valence-electron chi connectivity index (χ1n) is 6.79. The Morgan fingerprint density at radius 1 is 0.913 bits per heavy atom. The molecule has 0 aliphatic carbocycles. The molecular weight excluding hydrogens is 338 g/mol. The van der Waals surface area contributed by atoms with Gasteiger partial charge in [0.05, 0.1) is 19.2 Å². The predicted molar refractivity (Wildman–Crippen MR) is 91.3 cm³/mol. The highest BCUT2D eigenvalue weighted by molar-refractivity contribution is 7.92. The van der Waals surface area contributed by atoms with Gasteiger partial charge in [0.25, 0.3) is 10.0 Å². The quantitative estimate of drug-likeness (QED) is 0.886. The first-order valence-corrected chi connectivity index (χ1v) is 8.65. The van der Waals surface area contributed by atoms with E-state index >= 15 is 0 Å². The molecule has 0 saturated carbocycles. The molecule has 0 bridgehead atoms. The van der Waals surface area contributed by atoms with Gasteiger partial charge in [-0.05, 0) is 37.1 Å². The van der Waals surface area contributed by atoms with Gasteiger partial charge in [0.2, 0.25) is 0 Å². The third-order valence-electron chi connectivity index (χ3n) is 3.20. The Kier molecular flexibility index (Phi) is 5.06. The zero-order chi connectivity index (χ0) is 17.2. The van der Waals surface area contributed by atoms with Gasteiger partial charge in [0.1, 0.15) is 16.4 Å². The molecule has 0 atom stereocenters. The number of anilines is 1. The molecule has 0 amide bonds. The van der Waals surface area contributed by atoms with E-state index in [-0.39, 0.29) is 21.4 Å². The maximum atomic E-state index is 12.7. The minimum absolute atomic E-state index is 0.0413. The van der Waals surface area contributed by atoms with Crippen molar-refractivity contribution in [1.29, 1.82) is 0 Å². The van der Waals surface area contributed by atoms with Crippen LogP contribution < -0.4 is 14.2 Å². The Morgan fingerprint density at radius 3 is 2.00 bits per heavy atom. The molecule has 2 aromatic carbocycles. The van der Waals surface area contributed by atoms with Crippen LogP contribution in [0, 0.1) is 13.8 Å². The second-order valence-corrected chi connectivity index (χ2v) is 7.18. The van der Waals surface area contributed by atoms with Crippen molar-refractivity contribution in [2.24, 2.45) is 0 Å². The molecule has 5 nitrogen and oxygen atoms in total. The molecule has 2 aromatic rings. The zero-order valence-electron chi connectivity index (χ0n) is 13.3. The van der Waals surface area contributed by atoms with E-state index in [4.69, 9.17) is 21.1 Å². The fourth-order valence-electron chi connectivity index (χ4n) is 2.29. The van der Waals surface area contributed by atoms with E-state index in [1.807, 2.05) is 19.9 Å². The molecule has 0 heterocycles. The molecule has 0 aliphatic heterocycles. The monoisotopic (exact) mass is 355 g/mol. The van der Waals surface area contributed by atoms with Gasteiger partial charge in [-0.25, -0.2) is 8.42 Å². The van der Waals surface area contributed by atoms with Crippen LogP contribution in [0.3, 0.4) is 0 Å². The average molecular weight is 356 g/mol. The summed E-state index contributed by atoms with van der Waals surface area (Å²) in [5.41, 5.74) is 2.41. The molecular formula is C16H18ClNO4S. The Labute approximate surface area is 141 Å². The minimum atomic E-state index is -3.85. The van der Waals surface area contributed by atoms with Gasteiger partial charge in [-0.1, -0.05) is 17.7 Å². The van der Waals surface area contributed by atoms with Crippen LogP contribution >= 0.6 is 11.6 Å². The minimum Gasteiger partial charge on any atom is -0.495 e. The van der Waals surface area contributed by atoms with E-state index in [2.05, 4.69) is 4.72 Å². The number of rotatable bonds is 5. The van der Waals surface area contributed by atoms with Gasteiger partial charge in [0.15, 0.2) is 0 Å². The number of nitrogens with one attached hydrogen (secondary N) is 1. The third-order valence-corrected chi connectivity index (χ3v) is 4.90. The molecule has 0 fully saturated rings. The number of sulfonamides is 1. The Morgan fingerprint density at radius 2 is 1.48 bits per heavy atom. The van der Waals surface area contributed by atoms with Crippen LogP contribution in [0.2, 0.25) is 5.02 Å². The number of halogens is 1. The summed E-state index contributed by atoms with van der Waals surface area (Å²) in [6.45, 7) is 3.80. The van der Waals surface area contributed by atoms with E-state index < -0.39 is 10.0 Å². The van der Waals surface area contributed by atoms with Crippen molar-refractivity contribution in [2.75, 3.05) is 18.9 Å². The molecule has 2 rings (SSSR count). The SMILES string of the molecule is COc1cc(S(=O)(=O)Nc2cc(C)cc(C)c2)c(OC)cc1Cl. The topological polar surface area (TPSA) is 64.6 Å². The van der Waals surface area contributed by atoms with Gasteiger partial charge in [0, 0.05) is 17.8 Å². The standard InChI is InChI=1S/C16H18ClNO4S/c1-10-5-11(2)7-12(6-10)18-23(19,20)16-9-14(21-3)13(17)8-15(16)22-4/h5-9,18H,1-4H3. The summed E-state index contributed by atoms with van der Waals surface area (Å²) in [5.74, 6) is 0.404. The lowest BCUT2D eigenvalue weighted by Crippen LogP contribution is -2.14. The van der Waals surface area contributed by atoms with Crippen LogP contribution in [-0.4, -0.2) is 22.6 Å². The smallest absolute Gasteiger partial charge is 0.265 e. The second-order valence-electron chi connectivity index (χ2n) is 5.12. The lowest BCUT2D eigenvalue weighted by molar-refractivity contribution is 0.392. The number of methoxy groups -OCH3 is 2. The largest absolute Gasteiger partial charge is 0.495 e. The fraction of sp³-hybridized carbons (Fsp3) is 0.250. The molecule has 0 saturated heterocycles. The van der Waals surface area contributed by atoms with E-state index in [1.165, 1.54) is 26.4 Å². The van der Waals surface area contributed by atoms with Gasteiger partial charge >= 0.3 is 0 Å². The molecule has 0 spiro atoms. The van der Waals surface area contributed by atoms with Gasteiger partial charge in [-0.15, -0.1) is 0 Å². The predicted octanol–water partition coefficient (Wildman–Crippen LogP) is 3.77. The van der Waals surface area contributed by atoms with Crippen molar-refractivity contribution >= 4 is 27.3 Å². The van der Waals surface area contributed by atoms with Crippen LogP contribution in [0.4, 0.5) is 5.69 Å². The lowest BCUT2D eigenvalue weighted by Gasteiger charge is -2.14. The summed E-state index contributed by atoms with van der Waals surface area (Å²) in [6, 6.07) is 8.22. The van der Waals surface area contributed by atoms with Gasteiger partial charge < -0.3 is 9.47 Å². The molecule has 7 heteroatoms. The van der Waals surface area contributed by atoms with Crippen molar-refractivity contribution in [3.63, 3.8) is 0 Å². The first kappa shape index (κ1) is 17.4. The van der Waals surface area contributed by atoms with Crippen molar-refractivity contribution in [3.05, 3.63) is 46.5 Å². The van der Waals surface area contributed by atoms with E-state index in [1.54, 1.807) is 12.1 Å². The van der Waals surface area contributed by atoms with Crippen LogP contribution in [0.25, 0.3) is 0 Å². The van der Waals surface area contributed by atoms with Crippen molar-refractivity contribution in [1.82, 2.24) is 0 Å². The number of ether oxygens (including phenoxy) is 2. The highest BCUT2D eigenvalue weighted by Crippen LogP contribution is 2.35. The fourth-order valence-corrected chi connectivity index (χ4v) is 3.72. The van der Waals surface area contributed by atoms with Gasteiger partial charge in [-0.2, -0.15) is 0 Å². The number of benzene rings is 2. The molecule has 0 aromatic heterocycles. The summed E-state index contributed by atoms with van der Waals surface area (Å²) < 4.78 is 38.2. The summed E-state index contributed by atoms with van der Waals surface area (Å²) >= 11 is 6.01. The molecule has 0 unspecified atom stereocenters. The Hall–Kier alpha value is -1.92. The summed E-state index contributed by atoms with van der Waals surface area (Å²) in [6.07, 6.45) is 0. The van der Waals surface area contributed by atoms with Crippen LogP contribution in [0.15, 0.2) is 35.2 Å². The first-order chi connectivity index (χ1) is 10.8. The molecule has 23 heavy (non-hydrogen) atoms. The molecule has 124 valence electrons. The highest BCUT2D eigenvalue weighted by atomic mass is 35.5. The summed E-state index contributed by atoms with van der Waals surface area (Å²) in [5, 5.41) is 0.273. The third kappa shape index (κ3) is 3.89. The van der Waals surface area contributed by atoms with Crippen LogP contribution in [-0.2, 0) is 10.0 Å². The number of hydrogen-bond acceptors (Lipinski definition) is 4. The molecule has 1 N–H and O–H groups in total. The van der Waals surface area contributed by atoms with Crippen molar-refractivity contribution in [2.45, 2.75) is 18.7 Å². The van der Waals surface area contributed by atoms with Crippen molar-refractivity contribution in [3.8, 4) is 11.5 Å². The zero-order valence-corrected chi connectivity index (χ0v) is 14.9. The van der Waals surface area contributed by atoms with Crippen LogP contribution in [0.5, 0.6) is 11.5 Å². The Bertz CT molecular complexity index is 814. The number of aryl methyl sites for hydroxylation is 2. The summed E-state index contributed by atoms with van der Waals surface area (Å²) in [4.78, 5) is -0.0413. The molecule has 0 radical (unpaired) electrons. The molecule has 0 aliphatic rings. The van der Waals surface area contributed by atoms with E-state index in [9.17, 15) is 8.42 Å². The van der Waals surface area contributed by atoms with Gasteiger partial charge in [-0.3, -0.25) is 4.72 Å². The average Bonchev–Trinajstić information content (AvgIpc) is 2.44. The highest BCUT2D eigenvalue weighted by Gasteiger charge is 2.22.